The second-order valence-electron chi connectivity index (χ2n) is 4.03. The van der Waals surface area contributed by atoms with Crippen LogP contribution in [0.4, 0.5) is 16.2 Å². The maximum absolute atomic E-state index is 11.7. The Kier molecular flexibility index (Phi) is 3.75. The average molecular weight is 280 g/mol. The molecule has 1 saturated heterocycles. The van der Waals surface area contributed by atoms with E-state index in [0.717, 1.165) is 11.8 Å². The van der Waals surface area contributed by atoms with Gasteiger partial charge >= 0.3 is 5.97 Å². The smallest absolute Gasteiger partial charge is 0.327 e. The largest absolute Gasteiger partial charge is 0.480 e. The second kappa shape index (κ2) is 5.31. The molecule has 1 heterocycles. The second-order valence-corrected chi connectivity index (χ2v) is 5.00. The summed E-state index contributed by atoms with van der Waals surface area (Å²) in [4.78, 5) is 34.9. The summed E-state index contributed by atoms with van der Waals surface area (Å²) in [6.07, 6.45) is 0. The molecule has 1 aliphatic rings. The molecule has 2 amide bonds. The molecule has 2 rings (SSSR count). The molecular weight excluding hydrogens is 268 g/mol. The van der Waals surface area contributed by atoms with E-state index in [2.05, 4.69) is 5.32 Å². The Morgan fingerprint density at radius 1 is 1.37 bits per heavy atom. The van der Waals surface area contributed by atoms with Crippen molar-refractivity contribution in [3.05, 3.63) is 24.3 Å². The van der Waals surface area contributed by atoms with Crippen molar-refractivity contribution in [2.24, 2.45) is 0 Å². The fraction of sp³-hybridized carbons (Fsp3) is 0.250. The van der Waals surface area contributed by atoms with E-state index < -0.39 is 12.0 Å². The lowest BCUT2D eigenvalue weighted by Crippen LogP contribution is -2.39. The number of benzene rings is 1. The Balaban J connectivity index is 2.23. The third-order valence-corrected chi connectivity index (χ3v) is 3.55. The van der Waals surface area contributed by atoms with E-state index in [1.165, 1.54) is 11.8 Å². The van der Waals surface area contributed by atoms with Crippen LogP contribution in [0.1, 0.15) is 6.92 Å². The lowest BCUT2D eigenvalue weighted by molar-refractivity contribution is -0.137. The first-order valence-corrected chi connectivity index (χ1v) is 6.54. The molecule has 19 heavy (non-hydrogen) atoms. The monoisotopic (exact) mass is 280 g/mol. The Labute approximate surface area is 113 Å². The van der Waals surface area contributed by atoms with Crippen LogP contribution in [0.15, 0.2) is 24.3 Å². The molecule has 2 N–H and O–H groups in total. The molecule has 1 aromatic carbocycles. The van der Waals surface area contributed by atoms with Gasteiger partial charge < -0.3 is 10.4 Å². The molecular formula is C12H12N2O4S. The average Bonchev–Trinajstić information content (AvgIpc) is 2.71. The predicted octanol–water partition coefficient (Wildman–Crippen LogP) is 1.77. The van der Waals surface area contributed by atoms with E-state index in [1.54, 1.807) is 24.3 Å². The first-order chi connectivity index (χ1) is 8.99. The lowest BCUT2D eigenvalue weighted by atomic mass is 10.2. The van der Waals surface area contributed by atoms with Gasteiger partial charge in [-0.05, 0) is 24.3 Å². The maximum atomic E-state index is 11.7. The number of anilines is 2. The normalized spacial score (nSPS) is 18.5. The van der Waals surface area contributed by atoms with Crippen molar-refractivity contribution < 1.29 is 19.5 Å². The number of carboxylic acid groups (broad SMARTS) is 1. The number of amides is 2. The summed E-state index contributed by atoms with van der Waals surface area (Å²) < 4.78 is 0. The van der Waals surface area contributed by atoms with Crippen LogP contribution in [0.3, 0.4) is 0 Å². The molecule has 0 aliphatic carbocycles. The van der Waals surface area contributed by atoms with Crippen molar-refractivity contribution in [1.29, 1.82) is 0 Å². The predicted molar refractivity (Wildman–Crippen MR) is 72.5 cm³/mol. The maximum Gasteiger partial charge on any atom is 0.327 e. The highest BCUT2D eigenvalue weighted by Gasteiger charge is 2.37. The highest BCUT2D eigenvalue weighted by Crippen LogP contribution is 2.30. The van der Waals surface area contributed by atoms with E-state index in [4.69, 9.17) is 5.11 Å². The van der Waals surface area contributed by atoms with Gasteiger partial charge in [0.2, 0.25) is 5.91 Å². The van der Waals surface area contributed by atoms with Crippen molar-refractivity contribution in [3.8, 4) is 0 Å². The van der Waals surface area contributed by atoms with Crippen molar-refractivity contribution >= 4 is 40.3 Å². The molecule has 0 saturated carbocycles. The molecule has 1 aromatic rings. The molecule has 0 aromatic heterocycles. The highest BCUT2D eigenvalue weighted by atomic mass is 32.2. The van der Waals surface area contributed by atoms with Crippen molar-refractivity contribution in [2.75, 3.05) is 16.0 Å². The SMILES string of the molecule is CC(=O)Nc1ccc(N2C(=O)SCC2C(=O)O)cc1. The van der Waals surface area contributed by atoms with Gasteiger partial charge in [0.1, 0.15) is 6.04 Å². The minimum atomic E-state index is -1.02. The van der Waals surface area contributed by atoms with Gasteiger partial charge in [0.15, 0.2) is 0 Å². The minimum Gasteiger partial charge on any atom is -0.480 e. The molecule has 1 aliphatic heterocycles. The van der Waals surface area contributed by atoms with E-state index in [1.807, 2.05) is 0 Å². The molecule has 0 spiro atoms. The summed E-state index contributed by atoms with van der Waals surface area (Å²) in [5.74, 6) is -0.977. The zero-order valence-electron chi connectivity index (χ0n) is 10.1. The molecule has 1 unspecified atom stereocenters. The number of hydrogen-bond donors (Lipinski definition) is 2. The van der Waals surface area contributed by atoms with Crippen molar-refractivity contribution in [2.45, 2.75) is 13.0 Å². The van der Waals surface area contributed by atoms with Gasteiger partial charge in [0.05, 0.1) is 0 Å². The Morgan fingerprint density at radius 3 is 2.53 bits per heavy atom. The van der Waals surface area contributed by atoms with Crippen LogP contribution >= 0.6 is 11.8 Å². The highest BCUT2D eigenvalue weighted by molar-refractivity contribution is 8.14. The first kappa shape index (κ1) is 13.4. The number of carbonyl (C=O) groups is 3. The quantitative estimate of drug-likeness (QED) is 0.881. The van der Waals surface area contributed by atoms with Gasteiger partial charge in [-0.1, -0.05) is 11.8 Å². The third-order valence-electron chi connectivity index (χ3n) is 2.62. The summed E-state index contributed by atoms with van der Waals surface area (Å²) in [5, 5.41) is 11.4. The molecule has 0 bridgehead atoms. The van der Waals surface area contributed by atoms with Crippen LogP contribution in [0, 0.1) is 0 Å². The lowest BCUT2D eigenvalue weighted by Gasteiger charge is -2.20. The van der Waals surface area contributed by atoms with Crippen LogP contribution in [0.5, 0.6) is 0 Å². The number of rotatable bonds is 3. The zero-order valence-corrected chi connectivity index (χ0v) is 10.9. The van der Waals surface area contributed by atoms with Gasteiger partial charge in [-0.15, -0.1) is 0 Å². The fourth-order valence-electron chi connectivity index (χ4n) is 1.80. The van der Waals surface area contributed by atoms with E-state index in [0.29, 0.717) is 11.4 Å². The number of hydrogen-bond acceptors (Lipinski definition) is 4. The topological polar surface area (TPSA) is 86.7 Å². The number of carbonyl (C=O) groups excluding carboxylic acids is 2. The number of nitrogens with one attached hydrogen (secondary N) is 1. The number of carboxylic acids is 1. The van der Waals surface area contributed by atoms with Gasteiger partial charge in [-0.3, -0.25) is 14.5 Å². The summed E-state index contributed by atoms with van der Waals surface area (Å²) in [6, 6.07) is 5.65. The Hall–Kier alpha value is -2.02. The summed E-state index contributed by atoms with van der Waals surface area (Å²) in [6.45, 7) is 1.40. The van der Waals surface area contributed by atoms with Crippen LogP contribution < -0.4 is 10.2 Å². The summed E-state index contributed by atoms with van der Waals surface area (Å²) >= 11 is 0.988. The zero-order chi connectivity index (χ0) is 14.0. The fourth-order valence-corrected chi connectivity index (χ4v) is 2.76. The Bertz CT molecular complexity index is 529. The summed E-state index contributed by atoms with van der Waals surface area (Å²) in [7, 11) is 0. The molecule has 100 valence electrons. The van der Waals surface area contributed by atoms with Crippen molar-refractivity contribution in [1.82, 2.24) is 0 Å². The van der Waals surface area contributed by atoms with Crippen LogP contribution in [-0.2, 0) is 9.59 Å². The molecule has 6 nitrogen and oxygen atoms in total. The molecule has 0 radical (unpaired) electrons. The molecule has 7 heteroatoms. The van der Waals surface area contributed by atoms with Gasteiger partial charge in [-0.25, -0.2) is 4.79 Å². The van der Waals surface area contributed by atoms with Crippen LogP contribution in [0.2, 0.25) is 0 Å². The molecule has 1 fully saturated rings. The summed E-state index contributed by atoms with van der Waals surface area (Å²) in [5.41, 5.74) is 1.11. The van der Waals surface area contributed by atoms with Gasteiger partial charge in [0, 0.05) is 24.1 Å². The first-order valence-electron chi connectivity index (χ1n) is 5.55. The van der Waals surface area contributed by atoms with Crippen LogP contribution in [0.25, 0.3) is 0 Å². The van der Waals surface area contributed by atoms with Gasteiger partial charge in [-0.2, -0.15) is 0 Å². The van der Waals surface area contributed by atoms with E-state index in [9.17, 15) is 14.4 Å². The van der Waals surface area contributed by atoms with Crippen LogP contribution in [-0.4, -0.2) is 34.0 Å². The van der Waals surface area contributed by atoms with Gasteiger partial charge in [0.25, 0.3) is 5.24 Å². The number of nitrogens with zero attached hydrogens (tertiary/aromatic N) is 1. The third kappa shape index (κ3) is 2.87. The number of thioether (sulfide) groups is 1. The minimum absolute atomic E-state index is 0.191. The van der Waals surface area contributed by atoms with Crippen molar-refractivity contribution in [3.63, 3.8) is 0 Å². The standard InChI is InChI=1S/C12H12N2O4S/c1-7(15)13-8-2-4-9(5-3-8)14-10(11(16)17)6-19-12(14)18/h2-5,10H,6H2,1H3,(H,13,15)(H,16,17). The number of aliphatic carboxylic acids is 1. The molecule has 1 atom stereocenters. The van der Waals surface area contributed by atoms with E-state index >= 15 is 0 Å². The Morgan fingerprint density at radius 2 is 2.00 bits per heavy atom. The van der Waals surface area contributed by atoms with E-state index in [-0.39, 0.29) is 16.9 Å².